The Hall–Kier alpha value is -1.66. The number of rotatable bonds is 6. The monoisotopic (exact) mass is 291 g/mol. The minimum atomic E-state index is -0.0364. The largest absolute Gasteiger partial charge is 0.354 e. The molecule has 1 amide bonds. The van der Waals surface area contributed by atoms with Crippen molar-refractivity contribution in [3.8, 4) is 0 Å². The number of carbonyl (C=O) groups excluding carboxylic acids is 1. The molecule has 1 saturated heterocycles. The molecule has 0 aromatic carbocycles. The highest BCUT2D eigenvalue weighted by atomic mass is 16.1. The highest BCUT2D eigenvalue weighted by Gasteiger charge is 2.16. The van der Waals surface area contributed by atoms with Crippen LogP contribution in [0.2, 0.25) is 0 Å². The van der Waals surface area contributed by atoms with Crippen molar-refractivity contribution in [1.82, 2.24) is 20.5 Å². The summed E-state index contributed by atoms with van der Waals surface area (Å²) in [5, 5.41) is 6.10. The molecule has 6 nitrogen and oxygen atoms in total. The van der Waals surface area contributed by atoms with Crippen LogP contribution in [0.25, 0.3) is 0 Å². The summed E-state index contributed by atoms with van der Waals surface area (Å²) in [7, 11) is 2.12. The summed E-state index contributed by atoms with van der Waals surface area (Å²) in [6.45, 7) is 8.36. The summed E-state index contributed by atoms with van der Waals surface area (Å²) in [4.78, 5) is 21.0. The highest BCUT2D eigenvalue weighted by molar-refractivity contribution is 5.94. The topological polar surface area (TPSA) is 60.5 Å². The number of nitrogens with zero attached hydrogens (tertiary/aromatic N) is 3. The average Bonchev–Trinajstić information content (AvgIpc) is 2.52. The SMILES string of the molecule is CCNCCNC(=O)c1ccnc(N2CCN(C)CC2)c1. The average molecular weight is 291 g/mol. The van der Waals surface area contributed by atoms with Crippen molar-refractivity contribution < 1.29 is 4.79 Å². The Morgan fingerprint density at radius 2 is 2.05 bits per heavy atom. The van der Waals surface area contributed by atoms with E-state index in [-0.39, 0.29) is 5.91 Å². The molecule has 1 aliphatic heterocycles. The van der Waals surface area contributed by atoms with Crippen molar-refractivity contribution in [2.45, 2.75) is 6.92 Å². The number of aromatic nitrogens is 1. The van der Waals surface area contributed by atoms with E-state index >= 15 is 0 Å². The first-order valence-electron chi connectivity index (χ1n) is 7.59. The van der Waals surface area contributed by atoms with Crippen LogP contribution in [0, 0.1) is 0 Å². The summed E-state index contributed by atoms with van der Waals surface area (Å²) in [6, 6.07) is 3.65. The number of hydrogen-bond acceptors (Lipinski definition) is 5. The van der Waals surface area contributed by atoms with Gasteiger partial charge in [-0.3, -0.25) is 4.79 Å². The van der Waals surface area contributed by atoms with Gasteiger partial charge in [0, 0.05) is 51.0 Å². The lowest BCUT2D eigenvalue weighted by atomic mass is 10.2. The Morgan fingerprint density at radius 3 is 2.76 bits per heavy atom. The number of amides is 1. The molecule has 0 atom stereocenters. The molecule has 0 bridgehead atoms. The lowest BCUT2D eigenvalue weighted by Crippen LogP contribution is -2.44. The summed E-state index contributed by atoms with van der Waals surface area (Å²) in [5.74, 6) is 0.855. The number of anilines is 1. The first-order valence-corrected chi connectivity index (χ1v) is 7.59. The Labute approximate surface area is 126 Å². The van der Waals surface area contributed by atoms with Crippen molar-refractivity contribution in [3.63, 3.8) is 0 Å². The van der Waals surface area contributed by atoms with Gasteiger partial charge in [0.1, 0.15) is 5.82 Å². The van der Waals surface area contributed by atoms with Crippen LogP contribution in [-0.2, 0) is 0 Å². The van der Waals surface area contributed by atoms with Crippen molar-refractivity contribution in [1.29, 1.82) is 0 Å². The van der Waals surface area contributed by atoms with Crippen molar-refractivity contribution in [2.24, 2.45) is 0 Å². The van der Waals surface area contributed by atoms with Gasteiger partial charge in [-0.25, -0.2) is 4.98 Å². The molecular weight excluding hydrogens is 266 g/mol. The quantitative estimate of drug-likeness (QED) is 0.732. The highest BCUT2D eigenvalue weighted by Crippen LogP contribution is 2.14. The zero-order valence-electron chi connectivity index (χ0n) is 12.9. The van der Waals surface area contributed by atoms with E-state index in [4.69, 9.17) is 0 Å². The zero-order chi connectivity index (χ0) is 15.1. The third kappa shape index (κ3) is 4.68. The molecule has 0 aliphatic carbocycles. The molecule has 0 spiro atoms. The Morgan fingerprint density at radius 1 is 1.29 bits per heavy atom. The summed E-state index contributed by atoms with van der Waals surface area (Å²) in [5.41, 5.74) is 0.676. The molecule has 21 heavy (non-hydrogen) atoms. The minimum Gasteiger partial charge on any atom is -0.354 e. The van der Waals surface area contributed by atoms with E-state index in [1.807, 2.05) is 13.0 Å². The maximum atomic E-state index is 12.1. The number of nitrogens with one attached hydrogen (secondary N) is 2. The van der Waals surface area contributed by atoms with Gasteiger partial charge in [0.05, 0.1) is 0 Å². The third-order valence-electron chi connectivity index (χ3n) is 3.67. The number of likely N-dealkylation sites (N-methyl/N-ethyl adjacent to an activating group) is 2. The smallest absolute Gasteiger partial charge is 0.251 e. The zero-order valence-corrected chi connectivity index (χ0v) is 12.9. The summed E-state index contributed by atoms with van der Waals surface area (Å²) < 4.78 is 0. The molecule has 2 rings (SSSR count). The fourth-order valence-corrected chi connectivity index (χ4v) is 2.31. The van der Waals surface area contributed by atoms with Gasteiger partial charge < -0.3 is 20.4 Å². The van der Waals surface area contributed by atoms with Crippen LogP contribution in [0.15, 0.2) is 18.3 Å². The van der Waals surface area contributed by atoms with Gasteiger partial charge in [0.2, 0.25) is 0 Å². The molecule has 6 heteroatoms. The fourth-order valence-electron chi connectivity index (χ4n) is 2.31. The van der Waals surface area contributed by atoms with E-state index in [0.717, 1.165) is 45.1 Å². The molecule has 0 radical (unpaired) electrons. The second-order valence-electron chi connectivity index (χ2n) is 5.30. The van der Waals surface area contributed by atoms with Crippen molar-refractivity contribution in [2.75, 3.05) is 57.8 Å². The van der Waals surface area contributed by atoms with Crippen molar-refractivity contribution in [3.05, 3.63) is 23.9 Å². The van der Waals surface area contributed by atoms with Crippen molar-refractivity contribution >= 4 is 11.7 Å². The van der Waals surface area contributed by atoms with E-state index in [1.54, 1.807) is 12.3 Å². The molecule has 0 unspecified atom stereocenters. The van der Waals surface area contributed by atoms with E-state index in [2.05, 4.69) is 32.5 Å². The van der Waals surface area contributed by atoms with E-state index in [1.165, 1.54) is 0 Å². The first-order chi connectivity index (χ1) is 10.2. The van der Waals surface area contributed by atoms with Crippen LogP contribution < -0.4 is 15.5 Å². The Balaban J connectivity index is 1.92. The molecule has 1 fully saturated rings. The van der Waals surface area contributed by atoms with E-state index in [9.17, 15) is 4.79 Å². The second kappa shape index (κ2) is 7.95. The van der Waals surface area contributed by atoms with E-state index in [0.29, 0.717) is 12.1 Å². The maximum Gasteiger partial charge on any atom is 0.251 e. The van der Waals surface area contributed by atoms with E-state index < -0.39 is 0 Å². The molecule has 1 aromatic heterocycles. The van der Waals surface area contributed by atoms with Gasteiger partial charge in [-0.2, -0.15) is 0 Å². The minimum absolute atomic E-state index is 0.0364. The lowest BCUT2D eigenvalue weighted by Gasteiger charge is -2.33. The Kier molecular flexibility index (Phi) is 5.95. The van der Waals surface area contributed by atoms with Crippen LogP contribution in [0.4, 0.5) is 5.82 Å². The van der Waals surface area contributed by atoms with Crippen LogP contribution >= 0.6 is 0 Å². The number of hydrogen-bond donors (Lipinski definition) is 2. The summed E-state index contributed by atoms with van der Waals surface area (Å²) >= 11 is 0. The van der Waals surface area contributed by atoms with Gasteiger partial charge in [0.15, 0.2) is 0 Å². The predicted molar refractivity (Wildman–Crippen MR) is 84.8 cm³/mol. The Bertz CT molecular complexity index is 457. The van der Waals surface area contributed by atoms with Gasteiger partial charge >= 0.3 is 0 Å². The van der Waals surface area contributed by atoms with Gasteiger partial charge in [0.25, 0.3) is 5.91 Å². The first kappa shape index (κ1) is 15.7. The van der Waals surface area contributed by atoms with Crippen LogP contribution in [-0.4, -0.2) is 68.7 Å². The molecule has 2 N–H and O–H groups in total. The lowest BCUT2D eigenvalue weighted by molar-refractivity contribution is 0.0954. The van der Waals surface area contributed by atoms with Gasteiger partial charge in [-0.1, -0.05) is 6.92 Å². The van der Waals surface area contributed by atoms with Crippen LogP contribution in [0.3, 0.4) is 0 Å². The van der Waals surface area contributed by atoms with Crippen LogP contribution in [0.1, 0.15) is 17.3 Å². The number of pyridine rings is 1. The molecular formula is C15H25N5O. The second-order valence-corrected chi connectivity index (χ2v) is 5.30. The van der Waals surface area contributed by atoms with Gasteiger partial charge in [-0.15, -0.1) is 0 Å². The molecule has 2 heterocycles. The van der Waals surface area contributed by atoms with Gasteiger partial charge in [-0.05, 0) is 25.7 Å². The molecule has 1 aliphatic rings. The standard InChI is InChI=1S/C15H25N5O/c1-3-16-6-7-18-15(21)13-4-5-17-14(12-13)20-10-8-19(2)9-11-20/h4-5,12,16H,3,6-11H2,1-2H3,(H,18,21). The molecule has 1 aromatic rings. The molecule has 0 saturated carbocycles. The number of carbonyl (C=O) groups is 1. The fraction of sp³-hybridized carbons (Fsp3) is 0.600. The molecule has 116 valence electrons. The van der Waals surface area contributed by atoms with Crippen LogP contribution in [0.5, 0.6) is 0 Å². The maximum absolute atomic E-state index is 12.1. The predicted octanol–water partition coefficient (Wildman–Crippen LogP) is 0.173. The number of piperazine rings is 1. The third-order valence-corrected chi connectivity index (χ3v) is 3.67. The summed E-state index contributed by atoms with van der Waals surface area (Å²) in [6.07, 6.45) is 1.72. The normalized spacial score (nSPS) is 16.0.